The molecule has 0 N–H and O–H groups in total. The SMILES string of the molecule is COC(=O)C1=C(I)CCC=C1. The molecule has 0 saturated carbocycles. The van der Waals surface area contributed by atoms with Gasteiger partial charge in [-0.25, -0.2) is 4.79 Å². The van der Waals surface area contributed by atoms with Gasteiger partial charge in [-0.05, 0) is 35.4 Å². The molecule has 0 fully saturated rings. The molecule has 60 valence electrons. The number of rotatable bonds is 1. The maximum atomic E-state index is 11.0. The van der Waals surface area contributed by atoms with E-state index in [9.17, 15) is 4.79 Å². The Morgan fingerprint density at radius 3 is 3.00 bits per heavy atom. The molecule has 3 heteroatoms. The van der Waals surface area contributed by atoms with Gasteiger partial charge in [0.2, 0.25) is 0 Å². The number of halogens is 1. The van der Waals surface area contributed by atoms with Crippen molar-refractivity contribution in [2.24, 2.45) is 0 Å². The van der Waals surface area contributed by atoms with Crippen LogP contribution in [-0.2, 0) is 9.53 Å². The molecule has 0 radical (unpaired) electrons. The zero-order chi connectivity index (χ0) is 8.27. The van der Waals surface area contributed by atoms with Crippen LogP contribution in [0.2, 0.25) is 0 Å². The molecule has 2 nitrogen and oxygen atoms in total. The first-order chi connectivity index (χ1) is 5.25. The molecule has 1 aliphatic rings. The van der Waals surface area contributed by atoms with Crippen molar-refractivity contribution in [3.8, 4) is 0 Å². The summed E-state index contributed by atoms with van der Waals surface area (Å²) in [5, 5.41) is 0. The second-order valence-electron chi connectivity index (χ2n) is 2.25. The Morgan fingerprint density at radius 2 is 2.45 bits per heavy atom. The first-order valence-corrected chi connectivity index (χ1v) is 4.47. The Bertz CT molecular complexity index is 228. The van der Waals surface area contributed by atoms with Crippen LogP contribution in [-0.4, -0.2) is 13.1 Å². The molecule has 0 aliphatic heterocycles. The van der Waals surface area contributed by atoms with Crippen molar-refractivity contribution in [1.29, 1.82) is 0 Å². The average Bonchev–Trinajstić information content (AvgIpc) is 2.04. The second-order valence-corrected chi connectivity index (χ2v) is 3.55. The summed E-state index contributed by atoms with van der Waals surface area (Å²) in [5.41, 5.74) is 0.708. The fourth-order valence-corrected chi connectivity index (χ4v) is 1.64. The highest BCUT2D eigenvalue weighted by atomic mass is 127. The van der Waals surface area contributed by atoms with Crippen molar-refractivity contribution in [3.63, 3.8) is 0 Å². The van der Waals surface area contributed by atoms with Crippen LogP contribution in [0.3, 0.4) is 0 Å². The third-order valence-corrected chi connectivity index (χ3v) is 2.63. The summed E-state index contributed by atoms with van der Waals surface area (Å²) in [7, 11) is 1.40. The molecule has 0 saturated heterocycles. The number of methoxy groups -OCH3 is 1. The number of carbonyl (C=O) groups is 1. The molecule has 0 atom stereocenters. The minimum Gasteiger partial charge on any atom is -0.465 e. The Morgan fingerprint density at radius 1 is 1.73 bits per heavy atom. The van der Waals surface area contributed by atoms with Crippen LogP contribution in [0.4, 0.5) is 0 Å². The van der Waals surface area contributed by atoms with Crippen molar-refractivity contribution < 1.29 is 9.53 Å². The normalized spacial score (nSPS) is 16.9. The molecular weight excluding hydrogens is 255 g/mol. The smallest absolute Gasteiger partial charge is 0.338 e. The summed E-state index contributed by atoms with van der Waals surface area (Å²) in [6, 6.07) is 0. The van der Waals surface area contributed by atoms with Gasteiger partial charge in [0, 0.05) is 3.58 Å². The van der Waals surface area contributed by atoms with Gasteiger partial charge in [-0.15, -0.1) is 0 Å². The molecule has 0 amide bonds. The molecule has 1 rings (SSSR count). The lowest BCUT2D eigenvalue weighted by molar-refractivity contribution is -0.135. The monoisotopic (exact) mass is 264 g/mol. The molecule has 11 heavy (non-hydrogen) atoms. The van der Waals surface area contributed by atoms with E-state index in [4.69, 9.17) is 0 Å². The van der Waals surface area contributed by atoms with E-state index in [1.165, 1.54) is 7.11 Å². The Hall–Kier alpha value is -0.320. The summed E-state index contributed by atoms with van der Waals surface area (Å²) in [6.45, 7) is 0. The zero-order valence-corrected chi connectivity index (χ0v) is 8.42. The summed E-state index contributed by atoms with van der Waals surface area (Å²) < 4.78 is 5.70. The van der Waals surface area contributed by atoms with E-state index in [0.29, 0.717) is 5.57 Å². The first-order valence-electron chi connectivity index (χ1n) is 3.39. The lowest BCUT2D eigenvalue weighted by Gasteiger charge is -2.07. The van der Waals surface area contributed by atoms with Crippen molar-refractivity contribution in [1.82, 2.24) is 0 Å². The standard InChI is InChI=1S/C8H9IO2/c1-11-8(10)6-4-2-3-5-7(6)9/h2,4H,3,5H2,1H3. The fraction of sp³-hybridized carbons (Fsp3) is 0.375. The van der Waals surface area contributed by atoms with Crippen LogP contribution >= 0.6 is 22.6 Å². The molecule has 0 spiro atoms. The van der Waals surface area contributed by atoms with Crippen LogP contribution in [0, 0.1) is 0 Å². The summed E-state index contributed by atoms with van der Waals surface area (Å²) in [5.74, 6) is -0.231. The number of ether oxygens (including phenoxy) is 1. The highest BCUT2D eigenvalue weighted by molar-refractivity contribution is 14.1. The number of hydrogen-bond donors (Lipinski definition) is 0. The van der Waals surface area contributed by atoms with Gasteiger partial charge in [0.15, 0.2) is 0 Å². The van der Waals surface area contributed by atoms with Gasteiger partial charge in [0.05, 0.1) is 12.7 Å². The van der Waals surface area contributed by atoms with Gasteiger partial charge in [-0.2, -0.15) is 0 Å². The van der Waals surface area contributed by atoms with Crippen molar-refractivity contribution in [3.05, 3.63) is 21.3 Å². The number of esters is 1. The van der Waals surface area contributed by atoms with Crippen LogP contribution in [0.5, 0.6) is 0 Å². The molecule has 0 unspecified atom stereocenters. The lowest BCUT2D eigenvalue weighted by Crippen LogP contribution is -2.05. The van der Waals surface area contributed by atoms with Crippen molar-refractivity contribution in [2.75, 3.05) is 7.11 Å². The van der Waals surface area contributed by atoms with Gasteiger partial charge in [0.1, 0.15) is 0 Å². The highest BCUT2D eigenvalue weighted by Gasteiger charge is 2.13. The fourth-order valence-electron chi connectivity index (χ4n) is 0.925. The highest BCUT2D eigenvalue weighted by Crippen LogP contribution is 2.24. The second kappa shape index (κ2) is 3.90. The van der Waals surface area contributed by atoms with E-state index in [0.717, 1.165) is 16.4 Å². The van der Waals surface area contributed by atoms with Gasteiger partial charge in [-0.1, -0.05) is 12.2 Å². The number of allylic oxidation sites excluding steroid dienone is 2. The molecule has 0 aromatic heterocycles. The van der Waals surface area contributed by atoms with Gasteiger partial charge in [-0.3, -0.25) is 0 Å². The molecule has 0 aromatic rings. The quantitative estimate of drug-likeness (QED) is 0.536. The summed E-state index contributed by atoms with van der Waals surface area (Å²) >= 11 is 2.18. The van der Waals surface area contributed by atoms with Crippen molar-refractivity contribution >= 4 is 28.6 Å². The molecule has 1 aliphatic carbocycles. The Balaban J connectivity index is 2.83. The third kappa shape index (κ3) is 2.05. The van der Waals surface area contributed by atoms with E-state index in [1.54, 1.807) is 0 Å². The molecule has 0 bridgehead atoms. The van der Waals surface area contributed by atoms with E-state index in [-0.39, 0.29) is 5.97 Å². The van der Waals surface area contributed by atoms with Gasteiger partial charge < -0.3 is 4.74 Å². The average molecular weight is 264 g/mol. The lowest BCUT2D eigenvalue weighted by atomic mass is 10.1. The molecule has 0 aromatic carbocycles. The van der Waals surface area contributed by atoms with E-state index in [1.807, 2.05) is 12.2 Å². The minimum absolute atomic E-state index is 0.231. The van der Waals surface area contributed by atoms with Crippen LogP contribution in [0.25, 0.3) is 0 Å². The van der Waals surface area contributed by atoms with Crippen molar-refractivity contribution in [2.45, 2.75) is 12.8 Å². The number of hydrogen-bond acceptors (Lipinski definition) is 2. The predicted molar refractivity (Wildman–Crippen MR) is 51.4 cm³/mol. The van der Waals surface area contributed by atoms with Crippen LogP contribution in [0.1, 0.15) is 12.8 Å². The van der Waals surface area contributed by atoms with E-state index >= 15 is 0 Å². The Labute approximate surface area is 79.4 Å². The topological polar surface area (TPSA) is 26.3 Å². The Kier molecular flexibility index (Phi) is 3.11. The van der Waals surface area contributed by atoms with Gasteiger partial charge >= 0.3 is 5.97 Å². The summed E-state index contributed by atoms with van der Waals surface area (Å²) in [6.07, 6.45) is 5.81. The largest absolute Gasteiger partial charge is 0.465 e. The minimum atomic E-state index is -0.231. The molecule has 0 heterocycles. The molecular formula is C8H9IO2. The maximum absolute atomic E-state index is 11.0. The summed E-state index contributed by atoms with van der Waals surface area (Å²) in [4.78, 5) is 11.0. The van der Waals surface area contributed by atoms with Gasteiger partial charge in [0.25, 0.3) is 0 Å². The van der Waals surface area contributed by atoms with Crippen LogP contribution < -0.4 is 0 Å². The first kappa shape index (κ1) is 8.77. The predicted octanol–water partition coefficient (Wildman–Crippen LogP) is 2.20. The zero-order valence-electron chi connectivity index (χ0n) is 6.26. The van der Waals surface area contributed by atoms with E-state index in [2.05, 4.69) is 27.3 Å². The maximum Gasteiger partial charge on any atom is 0.338 e. The third-order valence-electron chi connectivity index (χ3n) is 1.51. The van der Waals surface area contributed by atoms with Crippen LogP contribution in [0.15, 0.2) is 21.3 Å². The number of carbonyl (C=O) groups excluding carboxylic acids is 1. The van der Waals surface area contributed by atoms with E-state index < -0.39 is 0 Å².